The predicted molar refractivity (Wildman–Crippen MR) is 55.2 cm³/mol. The molecule has 13 heavy (non-hydrogen) atoms. The van der Waals surface area contributed by atoms with Crippen molar-refractivity contribution in [2.24, 2.45) is 11.7 Å². The molecule has 0 aromatic carbocycles. The SMILES string of the molecule is CC(C)CC[C@@H](N)c1ccncc1. The minimum atomic E-state index is 0.172. The molecule has 0 bridgehead atoms. The van der Waals surface area contributed by atoms with Crippen LogP contribution in [0.25, 0.3) is 0 Å². The van der Waals surface area contributed by atoms with E-state index in [1.54, 1.807) is 12.4 Å². The Morgan fingerprint density at radius 2 is 1.85 bits per heavy atom. The first kappa shape index (κ1) is 10.2. The topological polar surface area (TPSA) is 38.9 Å². The smallest absolute Gasteiger partial charge is 0.0296 e. The summed E-state index contributed by atoms with van der Waals surface area (Å²) in [6.07, 6.45) is 5.83. The Labute approximate surface area is 80.2 Å². The third-order valence-corrected chi connectivity index (χ3v) is 2.19. The summed E-state index contributed by atoms with van der Waals surface area (Å²) < 4.78 is 0. The van der Waals surface area contributed by atoms with Crippen molar-refractivity contribution in [1.82, 2.24) is 4.98 Å². The average Bonchev–Trinajstić information content (AvgIpc) is 2.15. The molecule has 1 aromatic heterocycles. The van der Waals surface area contributed by atoms with Gasteiger partial charge in [-0.15, -0.1) is 0 Å². The van der Waals surface area contributed by atoms with Crippen LogP contribution in [-0.4, -0.2) is 4.98 Å². The van der Waals surface area contributed by atoms with Crippen LogP contribution in [0.15, 0.2) is 24.5 Å². The Kier molecular flexibility index (Phi) is 3.90. The van der Waals surface area contributed by atoms with Crippen molar-refractivity contribution in [2.45, 2.75) is 32.7 Å². The second kappa shape index (κ2) is 4.97. The number of nitrogens with two attached hydrogens (primary N) is 1. The zero-order chi connectivity index (χ0) is 9.68. The van der Waals surface area contributed by atoms with E-state index in [9.17, 15) is 0 Å². The van der Waals surface area contributed by atoms with Crippen LogP contribution in [0.4, 0.5) is 0 Å². The van der Waals surface area contributed by atoms with Crippen LogP contribution >= 0.6 is 0 Å². The van der Waals surface area contributed by atoms with Crippen molar-refractivity contribution < 1.29 is 0 Å². The van der Waals surface area contributed by atoms with E-state index in [0.29, 0.717) is 0 Å². The average molecular weight is 178 g/mol. The van der Waals surface area contributed by atoms with Gasteiger partial charge in [-0.2, -0.15) is 0 Å². The van der Waals surface area contributed by atoms with E-state index in [4.69, 9.17) is 5.73 Å². The van der Waals surface area contributed by atoms with Gasteiger partial charge in [0.1, 0.15) is 0 Å². The summed E-state index contributed by atoms with van der Waals surface area (Å²) in [5, 5.41) is 0. The highest BCUT2D eigenvalue weighted by molar-refractivity contribution is 5.13. The second-order valence-corrected chi connectivity index (χ2v) is 3.86. The summed E-state index contributed by atoms with van der Waals surface area (Å²) >= 11 is 0. The molecule has 1 aromatic rings. The van der Waals surface area contributed by atoms with E-state index in [0.717, 1.165) is 12.3 Å². The van der Waals surface area contributed by atoms with Gasteiger partial charge in [0.25, 0.3) is 0 Å². The van der Waals surface area contributed by atoms with Crippen molar-refractivity contribution in [3.05, 3.63) is 30.1 Å². The molecule has 0 saturated heterocycles. The number of pyridine rings is 1. The fourth-order valence-corrected chi connectivity index (χ4v) is 1.29. The maximum Gasteiger partial charge on any atom is 0.0296 e. The van der Waals surface area contributed by atoms with E-state index >= 15 is 0 Å². The number of nitrogens with zero attached hydrogens (tertiary/aromatic N) is 1. The van der Waals surface area contributed by atoms with E-state index < -0.39 is 0 Å². The molecule has 0 spiro atoms. The van der Waals surface area contributed by atoms with Crippen molar-refractivity contribution in [2.75, 3.05) is 0 Å². The molecule has 0 unspecified atom stereocenters. The summed E-state index contributed by atoms with van der Waals surface area (Å²) in [6, 6.07) is 4.15. The minimum absolute atomic E-state index is 0.172. The Bertz CT molecular complexity index is 231. The number of hydrogen-bond donors (Lipinski definition) is 1. The highest BCUT2D eigenvalue weighted by atomic mass is 14.6. The largest absolute Gasteiger partial charge is 0.324 e. The van der Waals surface area contributed by atoms with Gasteiger partial charge in [0.2, 0.25) is 0 Å². The van der Waals surface area contributed by atoms with Gasteiger partial charge in [-0.3, -0.25) is 4.98 Å². The van der Waals surface area contributed by atoms with Gasteiger partial charge in [-0.1, -0.05) is 13.8 Å². The zero-order valence-electron chi connectivity index (χ0n) is 8.40. The Balaban J connectivity index is 2.44. The first-order valence-corrected chi connectivity index (χ1v) is 4.85. The van der Waals surface area contributed by atoms with Crippen LogP contribution in [0.3, 0.4) is 0 Å². The van der Waals surface area contributed by atoms with Gasteiger partial charge in [0, 0.05) is 18.4 Å². The molecule has 0 radical (unpaired) electrons. The highest BCUT2D eigenvalue weighted by Gasteiger charge is 2.05. The van der Waals surface area contributed by atoms with Crippen molar-refractivity contribution >= 4 is 0 Å². The first-order valence-electron chi connectivity index (χ1n) is 4.85. The first-order chi connectivity index (χ1) is 6.20. The van der Waals surface area contributed by atoms with Gasteiger partial charge >= 0.3 is 0 Å². The summed E-state index contributed by atoms with van der Waals surface area (Å²) in [4.78, 5) is 3.97. The van der Waals surface area contributed by atoms with Gasteiger partial charge in [0.15, 0.2) is 0 Å². The molecule has 72 valence electrons. The molecule has 0 amide bonds. The third-order valence-electron chi connectivity index (χ3n) is 2.19. The second-order valence-electron chi connectivity index (χ2n) is 3.86. The van der Waals surface area contributed by atoms with Crippen LogP contribution in [0.5, 0.6) is 0 Å². The Morgan fingerprint density at radius 1 is 1.23 bits per heavy atom. The van der Waals surface area contributed by atoms with Gasteiger partial charge in [-0.05, 0) is 36.5 Å². The molecule has 1 heterocycles. The number of hydrogen-bond acceptors (Lipinski definition) is 2. The lowest BCUT2D eigenvalue weighted by Crippen LogP contribution is -2.11. The molecule has 2 N–H and O–H groups in total. The highest BCUT2D eigenvalue weighted by Crippen LogP contribution is 2.17. The number of aromatic nitrogens is 1. The molecule has 1 rings (SSSR count). The molecule has 1 atom stereocenters. The minimum Gasteiger partial charge on any atom is -0.324 e. The quantitative estimate of drug-likeness (QED) is 0.769. The summed E-state index contributed by atoms with van der Waals surface area (Å²) in [5.41, 5.74) is 7.21. The molecule has 2 heteroatoms. The Hall–Kier alpha value is -0.890. The maximum absolute atomic E-state index is 6.02. The zero-order valence-corrected chi connectivity index (χ0v) is 8.40. The summed E-state index contributed by atoms with van der Waals surface area (Å²) in [6.45, 7) is 4.44. The lowest BCUT2D eigenvalue weighted by molar-refractivity contribution is 0.507. The van der Waals surface area contributed by atoms with Crippen LogP contribution in [-0.2, 0) is 0 Å². The standard InChI is InChI=1S/C11H18N2/c1-9(2)3-4-11(12)10-5-7-13-8-6-10/h5-9,11H,3-4,12H2,1-2H3/t11-/m1/s1. The third kappa shape index (κ3) is 3.55. The van der Waals surface area contributed by atoms with Gasteiger partial charge < -0.3 is 5.73 Å². The molecule has 0 aliphatic rings. The van der Waals surface area contributed by atoms with E-state index in [-0.39, 0.29) is 6.04 Å². The van der Waals surface area contributed by atoms with Crippen molar-refractivity contribution in [1.29, 1.82) is 0 Å². The van der Waals surface area contributed by atoms with E-state index in [1.807, 2.05) is 12.1 Å². The summed E-state index contributed by atoms with van der Waals surface area (Å²) in [7, 11) is 0. The molecule has 0 aliphatic carbocycles. The summed E-state index contributed by atoms with van der Waals surface area (Å²) in [5.74, 6) is 0.730. The molecular weight excluding hydrogens is 160 g/mol. The lowest BCUT2D eigenvalue weighted by Gasteiger charge is -2.12. The molecule has 0 aliphatic heterocycles. The van der Waals surface area contributed by atoms with Crippen LogP contribution in [0.1, 0.15) is 38.3 Å². The molecule has 2 nitrogen and oxygen atoms in total. The predicted octanol–water partition coefficient (Wildman–Crippen LogP) is 2.52. The monoisotopic (exact) mass is 178 g/mol. The van der Waals surface area contributed by atoms with E-state index in [2.05, 4.69) is 18.8 Å². The van der Waals surface area contributed by atoms with Crippen LogP contribution in [0, 0.1) is 5.92 Å². The number of rotatable bonds is 4. The van der Waals surface area contributed by atoms with Crippen molar-refractivity contribution in [3.63, 3.8) is 0 Å². The molecule has 0 fully saturated rings. The fourth-order valence-electron chi connectivity index (χ4n) is 1.29. The van der Waals surface area contributed by atoms with Gasteiger partial charge in [-0.25, -0.2) is 0 Å². The maximum atomic E-state index is 6.02. The van der Waals surface area contributed by atoms with Crippen LogP contribution in [0.2, 0.25) is 0 Å². The van der Waals surface area contributed by atoms with Gasteiger partial charge in [0.05, 0.1) is 0 Å². The molecule has 0 saturated carbocycles. The Morgan fingerprint density at radius 3 is 2.38 bits per heavy atom. The molecular formula is C11H18N2. The van der Waals surface area contributed by atoms with Crippen molar-refractivity contribution in [3.8, 4) is 0 Å². The lowest BCUT2D eigenvalue weighted by atomic mass is 9.99. The van der Waals surface area contributed by atoms with Crippen LogP contribution < -0.4 is 5.73 Å². The fraction of sp³-hybridized carbons (Fsp3) is 0.545. The van der Waals surface area contributed by atoms with E-state index in [1.165, 1.54) is 12.0 Å². The normalized spacial score (nSPS) is 13.2.